The predicted octanol–water partition coefficient (Wildman–Crippen LogP) is 2.89. The van der Waals surface area contributed by atoms with Gasteiger partial charge in [-0.15, -0.1) is 11.3 Å². The molecule has 1 unspecified atom stereocenters. The molecule has 1 amide bonds. The van der Waals surface area contributed by atoms with E-state index >= 15 is 0 Å². The summed E-state index contributed by atoms with van der Waals surface area (Å²) >= 11 is 1.35. The Morgan fingerprint density at radius 2 is 2.18 bits per heavy atom. The van der Waals surface area contributed by atoms with E-state index < -0.39 is 0 Å². The molecule has 6 nitrogen and oxygen atoms in total. The molecule has 0 aliphatic heterocycles. The van der Waals surface area contributed by atoms with E-state index in [1.54, 1.807) is 18.1 Å². The van der Waals surface area contributed by atoms with Crippen LogP contribution in [-0.4, -0.2) is 27.7 Å². The van der Waals surface area contributed by atoms with Gasteiger partial charge in [0, 0.05) is 7.11 Å². The number of carbonyl (C=O) groups is 1. The van der Waals surface area contributed by atoms with Crippen molar-refractivity contribution < 1.29 is 9.53 Å². The van der Waals surface area contributed by atoms with Crippen LogP contribution in [0, 0.1) is 6.92 Å². The van der Waals surface area contributed by atoms with E-state index in [1.807, 2.05) is 38.1 Å². The van der Waals surface area contributed by atoms with Crippen molar-refractivity contribution in [2.75, 3.05) is 12.5 Å². The number of nitrogens with one attached hydrogen (secondary N) is 1. The molecule has 0 fully saturated rings. The SMILES string of the molecule is COC(C)c1nc(C)c(C(=O)Nn2cnc3ccccc32)s1. The zero-order valence-corrected chi connectivity index (χ0v) is 13.3. The Hall–Kier alpha value is -2.25. The first-order valence-electron chi connectivity index (χ1n) is 6.83. The lowest BCUT2D eigenvalue weighted by atomic mass is 10.3. The van der Waals surface area contributed by atoms with E-state index in [1.165, 1.54) is 11.3 Å². The molecule has 0 saturated carbocycles. The summed E-state index contributed by atoms with van der Waals surface area (Å²) in [4.78, 5) is 21.7. The number of aromatic nitrogens is 3. The second-order valence-electron chi connectivity index (χ2n) is 4.89. The van der Waals surface area contributed by atoms with Crippen molar-refractivity contribution in [1.29, 1.82) is 0 Å². The summed E-state index contributed by atoms with van der Waals surface area (Å²) in [5.74, 6) is -0.201. The highest BCUT2D eigenvalue weighted by Gasteiger charge is 2.19. The standard InChI is InChI=1S/C15H16N4O2S/c1-9-13(22-15(17-9)10(2)21-3)14(20)18-19-8-16-11-6-4-5-7-12(11)19/h4-8,10H,1-3H3,(H,18,20). The van der Waals surface area contributed by atoms with Crippen LogP contribution in [0.3, 0.4) is 0 Å². The number of hydrogen-bond donors (Lipinski definition) is 1. The van der Waals surface area contributed by atoms with Crippen molar-refractivity contribution in [2.24, 2.45) is 0 Å². The molecule has 1 aromatic carbocycles. The number of para-hydroxylation sites is 2. The van der Waals surface area contributed by atoms with E-state index in [0.717, 1.165) is 16.0 Å². The topological polar surface area (TPSA) is 69.0 Å². The van der Waals surface area contributed by atoms with Gasteiger partial charge >= 0.3 is 0 Å². The Morgan fingerprint density at radius 1 is 1.41 bits per heavy atom. The molecule has 0 aliphatic carbocycles. The molecular formula is C15H16N4O2S. The minimum absolute atomic E-state index is 0.126. The van der Waals surface area contributed by atoms with Crippen molar-refractivity contribution >= 4 is 28.3 Å². The van der Waals surface area contributed by atoms with Gasteiger partial charge in [-0.25, -0.2) is 14.6 Å². The second kappa shape index (κ2) is 5.86. The average Bonchev–Trinajstić information content (AvgIpc) is 3.11. The fourth-order valence-electron chi connectivity index (χ4n) is 2.11. The number of thiazole rings is 1. The lowest BCUT2D eigenvalue weighted by molar-refractivity contribution is 0.101. The molecule has 114 valence electrons. The Morgan fingerprint density at radius 3 is 2.95 bits per heavy atom. The Labute approximate surface area is 131 Å². The smallest absolute Gasteiger partial charge is 0.282 e. The van der Waals surface area contributed by atoms with Gasteiger partial charge in [0.15, 0.2) is 0 Å². The molecule has 2 aromatic heterocycles. The van der Waals surface area contributed by atoms with Gasteiger partial charge in [-0.1, -0.05) is 12.1 Å². The Balaban J connectivity index is 1.87. The minimum atomic E-state index is -0.201. The summed E-state index contributed by atoms with van der Waals surface area (Å²) in [6, 6.07) is 7.62. The number of methoxy groups -OCH3 is 1. The van der Waals surface area contributed by atoms with E-state index in [2.05, 4.69) is 15.4 Å². The van der Waals surface area contributed by atoms with E-state index in [4.69, 9.17) is 4.74 Å². The third-order valence-corrected chi connectivity index (χ3v) is 4.71. The third kappa shape index (κ3) is 2.60. The number of rotatable bonds is 4. The number of aryl methyl sites for hydroxylation is 1. The summed E-state index contributed by atoms with van der Waals surface area (Å²) in [5.41, 5.74) is 5.22. The third-order valence-electron chi connectivity index (χ3n) is 3.40. The molecule has 1 N–H and O–H groups in total. The van der Waals surface area contributed by atoms with Crippen LogP contribution in [0.25, 0.3) is 11.0 Å². The fourth-order valence-corrected chi connectivity index (χ4v) is 3.10. The second-order valence-corrected chi connectivity index (χ2v) is 5.92. The summed E-state index contributed by atoms with van der Waals surface area (Å²) < 4.78 is 6.87. The molecule has 0 saturated heterocycles. The number of benzene rings is 1. The van der Waals surface area contributed by atoms with Gasteiger partial charge < -0.3 is 4.74 Å². The van der Waals surface area contributed by atoms with Crippen LogP contribution < -0.4 is 5.43 Å². The highest BCUT2D eigenvalue weighted by molar-refractivity contribution is 7.14. The number of carbonyl (C=O) groups excluding carboxylic acids is 1. The predicted molar refractivity (Wildman–Crippen MR) is 85.7 cm³/mol. The highest BCUT2D eigenvalue weighted by Crippen LogP contribution is 2.25. The minimum Gasteiger partial charge on any atom is -0.375 e. The van der Waals surface area contributed by atoms with Crippen molar-refractivity contribution in [3.63, 3.8) is 0 Å². The van der Waals surface area contributed by atoms with E-state index in [-0.39, 0.29) is 12.0 Å². The highest BCUT2D eigenvalue weighted by atomic mass is 32.1. The molecule has 0 spiro atoms. The number of ether oxygens (including phenoxy) is 1. The summed E-state index contributed by atoms with van der Waals surface area (Å²) in [6.07, 6.45) is 1.47. The normalized spacial score (nSPS) is 12.5. The van der Waals surface area contributed by atoms with Crippen LogP contribution in [0.5, 0.6) is 0 Å². The van der Waals surface area contributed by atoms with Gasteiger partial charge in [0.1, 0.15) is 22.3 Å². The lowest BCUT2D eigenvalue weighted by Gasteiger charge is -2.06. The molecular weight excluding hydrogens is 300 g/mol. The quantitative estimate of drug-likeness (QED) is 0.803. The molecule has 7 heteroatoms. The molecule has 2 heterocycles. The van der Waals surface area contributed by atoms with Crippen molar-refractivity contribution in [3.05, 3.63) is 46.2 Å². The van der Waals surface area contributed by atoms with Gasteiger partial charge in [0.05, 0.1) is 16.7 Å². The molecule has 0 aliphatic rings. The average molecular weight is 316 g/mol. The largest absolute Gasteiger partial charge is 0.375 e. The number of hydrogen-bond acceptors (Lipinski definition) is 5. The van der Waals surface area contributed by atoms with Crippen LogP contribution in [0.2, 0.25) is 0 Å². The summed E-state index contributed by atoms with van der Waals surface area (Å²) in [7, 11) is 1.62. The number of imidazole rings is 1. The Bertz CT molecular complexity index is 824. The zero-order valence-electron chi connectivity index (χ0n) is 12.5. The van der Waals surface area contributed by atoms with E-state index in [9.17, 15) is 4.79 Å². The summed E-state index contributed by atoms with van der Waals surface area (Å²) in [6.45, 7) is 3.73. The van der Waals surface area contributed by atoms with Crippen molar-refractivity contribution in [2.45, 2.75) is 20.0 Å². The van der Waals surface area contributed by atoms with Crippen LogP contribution in [0.1, 0.15) is 33.4 Å². The lowest BCUT2D eigenvalue weighted by Crippen LogP contribution is -2.21. The van der Waals surface area contributed by atoms with Crippen molar-refractivity contribution in [3.8, 4) is 0 Å². The Kier molecular flexibility index (Phi) is 3.91. The number of nitrogens with zero attached hydrogens (tertiary/aromatic N) is 3. The maximum Gasteiger partial charge on any atom is 0.282 e. The van der Waals surface area contributed by atoms with Gasteiger partial charge in [-0.05, 0) is 26.0 Å². The van der Waals surface area contributed by atoms with Gasteiger partial charge in [0.25, 0.3) is 5.91 Å². The molecule has 22 heavy (non-hydrogen) atoms. The molecule has 0 radical (unpaired) electrons. The first kappa shape index (κ1) is 14.7. The van der Waals surface area contributed by atoms with Gasteiger partial charge in [-0.3, -0.25) is 10.2 Å². The maximum atomic E-state index is 12.5. The van der Waals surface area contributed by atoms with Crippen molar-refractivity contribution in [1.82, 2.24) is 14.6 Å². The van der Waals surface area contributed by atoms with Gasteiger partial charge in [-0.2, -0.15) is 0 Å². The van der Waals surface area contributed by atoms with E-state index in [0.29, 0.717) is 10.6 Å². The fraction of sp³-hybridized carbons (Fsp3) is 0.267. The van der Waals surface area contributed by atoms with Crippen LogP contribution in [0.15, 0.2) is 30.6 Å². The molecule has 3 aromatic rings. The molecule has 0 bridgehead atoms. The molecule has 3 rings (SSSR count). The zero-order chi connectivity index (χ0) is 15.7. The number of amides is 1. The number of fused-ring (bicyclic) bond motifs is 1. The van der Waals surface area contributed by atoms with Crippen LogP contribution in [-0.2, 0) is 4.74 Å². The van der Waals surface area contributed by atoms with Crippen LogP contribution >= 0.6 is 11.3 Å². The first-order chi connectivity index (χ1) is 10.6. The molecule has 1 atom stereocenters. The maximum absolute atomic E-state index is 12.5. The van der Waals surface area contributed by atoms with Crippen LogP contribution in [0.4, 0.5) is 0 Å². The monoisotopic (exact) mass is 316 g/mol. The van der Waals surface area contributed by atoms with Gasteiger partial charge in [0.2, 0.25) is 0 Å². The first-order valence-corrected chi connectivity index (χ1v) is 7.65. The summed E-state index contributed by atoms with van der Waals surface area (Å²) in [5, 5.41) is 0.792.